The van der Waals surface area contributed by atoms with Crippen molar-refractivity contribution in [2.45, 2.75) is 6.92 Å². The summed E-state index contributed by atoms with van der Waals surface area (Å²) >= 11 is 3.33. The van der Waals surface area contributed by atoms with Crippen LogP contribution in [0.15, 0.2) is 41.1 Å². The topological polar surface area (TPSA) is 121 Å². The number of primary amides is 1. The van der Waals surface area contributed by atoms with Gasteiger partial charge in [0.15, 0.2) is 5.82 Å². The molecule has 0 aliphatic rings. The molecule has 2 heterocycles. The van der Waals surface area contributed by atoms with Crippen molar-refractivity contribution in [2.75, 3.05) is 26.1 Å². The van der Waals surface area contributed by atoms with Gasteiger partial charge >= 0.3 is 0 Å². The van der Waals surface area contributed by atoms with Gasteiger partial charge in [0.2, 0.25) is 5.88 Å². The Kier molecular flexibility index (Phi) is 6.68. The minimum absolute atomic E-state index is 0.0209. The molecule has 1 aromatic carbocycles. The summed E-state index contributed by atoms with van der Waals surface area (Å²) in [6, 6.07) is 8.67. The van der Waals surface area contributed by atoms with Gasteiger partial charge in [0.1, 0.15) is 33.2 Å². The van der Waals surface area contributed by atoms with E-state index in [1.807, 2.05) is 6.92 Å². The lowest BCUT2D eigenvalue weighted by atomic mass is 10.1. The van der Waals surface area contributed by atoms with Crippen LogP contribution in [0.1, 0.15) is 17.4 Å². The minimum atomic E-state index is -0.711. The van der Waals surface area contributed by atoms with Gasteiger partial charge in [-0.25, -0.2) is 15.0 Å². The van der Waals surface area contributed by atoms with Gasteiger partial charge < -0.3 is 25.3 Å². The molecule has 0 spiro atoms. The van der Waals surface area contributed by atoms with Gasteiger partial charge in [-0.05, 0) is 41.1 Å². The molecule has 156 valence electrons. The van der Waals surface area contributed by atoms with Gasteiger partial charge in [0.05, 0.1) is 27.0 Å². The third-order valence-corrected chi connectivity index (χ3v) is 4.45. The molecule has 0 bridgehead atoms. The van der Waals surface area contributed by atoms with E-state index >= 15 is 0 Å². The third kappa shape index (κ3) is 4.43. The molecule has 3 aromatic rings. The highest BCUT2D eigenvalue weighted by molar-refractivity contribution is 9.10. The lowest BCUT2D eigenvalue weighted by molar-refractivity contribution is 0.0995. The number of pyridine rings is 1. The number of benzene rings is 1. The normalized spacial score (nSPS) is 10.4. The fraction of sp³-hybridized carbons (Fsp3) is 0.200. The zero-order valence-corrected chi connectivity index (χ0v) is 18.2. The highest BCUT2D eigenvalue weighted by atomic mass is 79.9. The molecule has 0 saturated heterocycles. The molecule has 2 aromatic heterocycles. The summed E-state index contributed by atoms with van der Waals surface area (Å²) in [5.74, 6) is 1.02. The standard InChI is InChI=1S/C20H20BrN5O4/c1-4-30-15-9-8-11(16(25-15)19(22)27)17-20(24-14(21)10-23-17)26-18-12(28-2)6-5-7-13(18)29-3/h5-10H,4H2,1-3H3,(H2,22,27)(H,24,26). The molecule has 10 heteroatoms. The summed E-state index contributed by atoms with van der Waals surface area (Å²) < 4.78 is 16.7. The fourth-order valence-electron chi connectivity index (χ4n) is 2.79. The summed E-state index contributed by atoms with van der Waals surface area (Å²) in [5.41, 5.74) is 6.91. The van der Waals surface area contributed by atoms with E-state index in [1.54, 1.807) is 44.6 Å². The molecule has 0 radical (unpaired) electrons. The zero-order chi connectivity index (χ0) is 21.7. The first-order valence-electron chi connectivity index (χ1n) is 8.93. The molecule has 9 nitrogen and oxygen atoms in total. The zero-order valence-electron chi connectivity index (χ0n) is 16.6. The van der Waals surface area contributed by atoms with E-state index in [0.717, 1.165) is 0 Å². The van der Waals surface area contributed by atoms with Gasteiger partial charge in [-0.15, -0.1) is 0 Å². The Bertz CT molecular complexity index is 1050. The SMILES string of the molecule is CCOc1ccc(-c2ncc(Br)nc2Nc2c(OC)cccc2OC)c(C(N)=O)n1. The van der Waals surface area contributed by atoms with Crippen LogP contribution in [0, 0.1) is 0 Å². The van der Waals surface area contributed by atoms with E-state index < -0.39 is 5.91 Å². The van der Waals surface area contributed by atoms with E-state index in [0.29, 0.717) is 51.4 Å². The maximum absolute atomic E-state index is 12.1. The number of carbonyl (C=O) groups excluding carboxylic acids is 1. The summed E-state index contributed by atoms with van der Waals surface area (Å²) in [6.07, 6.45) is 1.52. The Morgan fingerprint density at radius 3 is 2.43 bits per heavy atom. The lowest BCUT2D eigenvalue weighted by Crippen LogP contribution is -2.16. The molecular weight excluding hydrogens is 454 g/mol. The van der Waals surface area contributed by atoms with Crippen LogP contribution in [-0.2, 0) is 0 Å². The van der Waals surface area contributed by atoms with Crippen LogP contribution < -0.4 is 25.3 Å². The summed E-state index contributed by atoms with van der Waals surface area (Å²) in [4.78, 5) is 25.2. The Morgan fingerprint density at radius 2 is 1.83 bits per heavy atom. The molecular formula is C20H20BrN5O4. The summed E-state index contributed by atoms with van der Waals surface area (Å²) in [7, 11) is 3.10. The van der Waals surface area contributed by atoms with Gasteiger partial charge in [-0.2, -0.15) is 0 Å². The Balaban J connectivity index is 2.16. The number of methoxy groups -OCH3 is 2. The second-order valence-electron chi connectivity index (χ2n) is 5.90. The van der Waals surface area contributed by atoms with Gasteiger partial charge in [-0.3, -0.25) is 4.79 Å². The van der Waals surface area contributed by atoms with Gasteiger partial charge in [-0.1, -0.05) is 6.07 Å². The highest BCUT2D eigenvalue weighted by Crippen LogP contribution is 2.39. The first-order chi connectivity index (χ1) is 14.5. The number of nitrogens with one attached hydrogen (secondary N) is 1. The Labute approximate surface area is 181 Å². The van der Waals surface area contributed by atoms with Crippen molar-refractivity contribution in [1.82, 2.24) is 15.0 Å². The second kappa shape index (κ2) is 9.40. The smallest absolute Gasteiger partial charge is 0.268 e. The number of ether oxygens (including phenoxy) is 3. The van der Waals surface area contributed by atoms with E-state index in [-0.39, 0.29) is 5.69 Å². The van der Waals surface area contributed by atoms with Crippen molar-refractivity contribution in [3.05, 3.63) is 46.8 Å². The molecule has 0 fully saturated rings. The van der Waals surface area contributed by atoms with Crippen molar-refractivity contribution in [1.29, 1.82) is 0 Å². The van der Waals surface area contributed by atoms with Crippen LogP contribution in [-0.4, -0.2) is 41.7 Å². The van der Waals surface area contributed by atoms with Crippen molar-refractivity contribution < 1.29 is 19.0 Å². The maximum atomic E-state index is 12.1. The van der Waals surface area contributed by atoms with Crippen molar-refractivity contribution >= 4 is 33.3 Å². The Hall–Kier alpha value is -3.40. The minimum Gasteiger partial charge on any atom is -0.494 e. The van der Waals surface area contributed by atoms with Crippen LogP contribution in [0.2, 0.25) is 0 Å². The van der Waals surface area contributed by atoms with E-state index in [1.165, 1.54) is 6.20 Å². The number of aromatic nitrogens is 3. The first kappa shape index (κ1) is 21.3. The summed E-state index contributed by atoms with van der Waals surface area (Å²) in [6.45, 7) is 2.23. The summed E-state index contributed by atoms with van der Waals surface area (Å²) in [5, 5.41) is 3.19. The quantitative estimate of drug-likeness (QED) is 0.509. The number of para-hydroxylation sites is 1. The lowest BCUT2D eigenvalue weighted by Gasteiger charge is -2.17. The molecule has 30 heavy (non-hydrogen) atoms. The largest absolute Gasteiger partial charge is 0.494 e. The second-order valence-corrected chi connectivity index (χ2v) is 6.71. The third-order valence-electron chi connectivity index (χ3n) is 4.06. The predicted molar refractivity (Wildman–Crippen MR) is 115 cm³/mol. The molecule has 0 unspecified atom stereocenters. The molecule has 1 amide bonds. The van der Waals surface area contributed by atoms with Crippen molar-refractivity contribution in [3.8, 4) is 28.6 Å². The van der Waals surface area contributed by atoms with Crippen LogP contribution in [0.4, 0.5) is 11.5 Å². The number of rotatable bonds is 8. The number of nitrogens with zero attached hydrogens (tertiary/aromatic N) is 3. The molecule has 0 aliphatic heterocycles. The van der Waals surface area contributed by atoms with Crippen LogP contribution in [0.25, 0.3) is 11.3 Å². The number of hydrogen-bond donors (Lipinski definition) is 2. The van der Waals surface area contributed by atoms with Gasteiger partial charge in [0, 0.05) is 11.6 Å². The highest BCUT2D eigenvalue weighted by Gasteiger charge is 2.21. The number of hydrogen-bond acceptors (Lipinski definition) is 8. The molecule has 0 atom stereocenters. The van der Waals surface area contributed by atoms with Crippen LogP contribution >= 0.6 is 15.9 Å². The molecule has 3 rings (SSSR count). The number of carbonyl (C=O) groups is 1. The fourth-order valence-corrected chi connectivity index (χ4v) is 3.07. The maximum Gasteiger partial charge on any atom is 0.268 e. The van der Waals surface area contributed by atoms with Crippen LogP contribution in [0.3, 0.4) is 0 Å². The van der Waals surface area contributed by atoms with Crippen molar-refractivity contribution in [2.24, 2.45) is 5.73 Å². The molecule has 3 N–H and O–H groups in total. The number of amides is 1. The van der Waals surface area contributed by atoms with Crippen LogP contribution in [0.5, 0.6) is 17.4 Å². The number of halogens is 1. The first-order valence-corrected chi connectivity index (χ1v) is 9.72. The van der Waals surface area contributed by atoms with Crippen molar-refractivity contribution in [3.63, 3.8) is 0 Å². The average molecular weight is 474 g/mol. The molecule has 0 aliphatic carbocycles. The number of anilines is 2. The van der Waals surface area contributed by atoms with Gasteiger partial charge in [0.25, 0.3) is 5.91 Å². The molecule has 0 saturated carbocycles. The van der Waals surface area contributed by atoms with E-state index in [9.17, 15) is 4.79 Å². The monoisotopic (exact) mass is 473 g/mol. The average Bonchev–Trinajstić information content (AvgIpc) is 2.74. The van der Waals surface area contributed by atoms with E-state index in [2.05, 4.69) is 36.2 Å². The predicted octanol–water partition coefficient (Wildman–Crippen LogP) is 3.56. The Morgan fingerprint density at radius 1 is 1.13 bits per heavy atom. The van der Waals surface area contributed by atoms with E-state index in [4.69, 9.17) is 19.9 Å². The number of nitrogens with two attached hydrogens (primary N) is 1.